The van der Waals surface area contributed by atoms with E-state index in [2.05, 4.69) is 0 Å². The molecule has 4 heterocycles. The van der Waals surface area contributed by atoms with Gasteiger partial charge in [0, 0.05) is 43.4 Å². The molecule has 82 heavy (non-hydrogen) atoms. The average molecular weight is 1150 g/mol. The molecule has 0 spiro atoms. The van der Waals surface area contributed by atoms with E-state index in [9.17, 15) is 9.59 Å². The molecule has 5 aromatic rings. The molecule has 0 aliphatic carbocycles. The zero-order valence-corrected chi connectivity index (χ0v) is 48.6. The number of nitrogens with zero attached hydrogens (tertiary/aromatic N) is 4. The van der Waals surface area contributed by atoms with Crippen molar-refractivity contribution in [1.82, 2.24) is 9.80 Å². The van der Waals surface area contributed by atoms with E-state index in [0.29, 0.717) is 180 Å². The number of carbonyl (C=O) groups is 4. The average Bonchev–Trinajstić information content (AvgIpc) is 3.07. The van der Waals surface area contributed by atoms with Crippen molar-refractivity contribution in [1.29, 1.82) is 0 Å². The van der Waals surface area contributed by atoms with Gasteiger partial charge in [0.2, 0.25) is 0 Å². The minimum Gasteiger partial charge on any atom is -0.490 e. The van der Waals surface area contributed by atoms with Gasteiger partial charge in [-0.3, -0.25) is 29.0 Å². The molecular formula is C60H82N4O18+2. The quantitative estimate of drug-likeness (QED) is 0.0748. The molecule has 2 fully saturated rings. The Balaban J connectivity index is 1.16. The highest BCUT2D eigenvalue weighted by molar-refractivity contribution is 6.43. The van der Waals surface area contributed by atoms with Crippen LogP contribution in [0, 0.1) is 0 Å². The van der Waals surface area contributed by atoms with Gasteiger partial charge in [0.05, 0.1) is 225 Å². The van der Waals surface area contributed by atoms with Gasteiger partial charge in [-0.25, -0.2) is 0 Å². The van der Waals surface area contributed by atoms with E-state index >= 15 is 9.59 Å². The second-order valence-corrected chi connectivity index (χ2v) is 22.6. The molecule has 0 radical (unpaired) electrons. The molecule has 0 bridgehead atoms. The number of fused-ring (bicyclic) bond motifs is 2. The number of hydrogen-bond acceptors (Lipinski definition) is 18. The predicted molar refractivity (Wildman–Crippen MR) is 303 cm³/mol. The first-order valence-electron chi connectivity index (χ1n) is 28.6. The van der Waals surface area contributed by atoms with Crippen LogP contribution in [0.2, 0.25) is 0 Å². The second-order valence-electron chi connectivity index (χ2n) is 22.6. The molecule has 2 atom stereocenters. The molecule has 4 aliphatic rings. The molecule has 0 saturated carbocycles. The summed E-state index contributed by atoms with van der Waals surface area (Å²) >= 11 is 0. The molecule has 22 heteroatoms. The summed E-state index contributed by atoms with van der Waals surface area (Å²) in [6.07, 6.45) is -1.23. The number of amides is 4. The number of hydrogen-bond donors (Lipinski definition) is 0. The van der Waals surface area contributed by atoms with E-state index in [-0.39, 0.29) is 90.3 Å². The molecular weight excluding hydrogens is 1060 g/mol. The van der Waals surface area contributed by atoms with Crippen LogP contribution in [0.1, 0.15) is 41.4 Å². The Morgan fingerprint density at radius 1 is 0.378 bits per heavy atom. The molecule has 2 saturated heterocycles. The number of imide groups is 2. The maximum Gasteiger partial charge on any atom is 0.261 e. The van der Waals surface area contributed by atoms with Crippen molar-refractivity contribution in [3.63, 3.8) is 0 Å². The van der Waals surface area contributed by atoms with E-state index in [1.54, 1.807) is 24.3 Å². The van der Waals surface area contributed by atoms with Crippen molar-refractivity contribution in [2.45, 2.75) is 12.2 Å². The van der Waals surface area contributed by atoms with Gasteiger partial charge in [-0.1, -0.05) is 12.1 Å². The molecule has 5 aromatic carbocycles. The lowest BCUT2D eigenvalue weighted by molar-refractivity contribution is -0.869. The van der Waals surface area contributed by atoms with Gasteiger partial charge in [-0.2, -0.15) is 0 Å². The Morgan fingerprint density at radius 3 is 0.988 bits per heavy atom. The highest BCUT2D eigenvalue weighted by Gasteiger charge is 2.40. The fraction of sp³-hybridized carbons (Fsp3) is 0.600. The predicted octanol–water partition coefficient (Wildman–Crippen LogP) is 4.06. The van der Waals surface area contributed by atoms with Crippen molar-refractivity contribution in [3.05, 3.63) is 58.7 Å². The van der Waals surface area contributed by atoms with Crippen molar-refractivity contribution in [2.75, 3.05) is 227 Å². The van der Waals surface area contributed by atoms with Crippen LogP contribution in [-0.4, -0.2) is 282 Å². The lowest BCUT2D eigenvalue weighted by Crippen LogP contribution is -2.47. The molecule has 0 aromatic heterocycles. The van der Waals surface area contributed by atoms with Gasteiger partial charge >= 0.3 is 0 Å². The number of benzene rings is 5. The topological polar surface area (TPSA) is 204 Å². The van der Waals surface area contributed by atoms with Crippen LogP contribution in [0.3, 0.4) is 0 Å². The van der Waals surface area contributed by atoms with E-state index in [1.165, 1.54) is 9.80 Å². The Bertz CT molecular complexity index is 2740. The Kier molecular flexibility index (Phi) is 21.7. The number of carbonyl (C=O) groups excluding carboxylic acids is 4. The summed E-state index contributed by atoms with van der Waals surface area (Å²) < 4.78 is 85.5. The minimum absolute atomic E-state index is 0.0212. The second kappa shape index (κ2) is 29.0. The number of ether oxygens (including phenoxy) is 14. The molecule has 2 unspecified atom stereocenters. The van der Waals surface area contributed by atoms with E-state index in [1.807, 2.05) is 54.4 Å². The SMILES string of the molecule is C[N+](C)(C)CCN1C(=O)c2ccc3c4c(OCC5COCCOCCOCCOCCOCCO5)cc5c6c(ccc(c7c(OCC8COCCOCCOCCOCCOCCO8)cc(c2c37)C1=O)c64)C(=O)N(CC[N+](C)(C)C)C5=O. The van der Waals surface area contributed by atoms with Crippen LogP contribution in [0.25, 0.3) is 43.1 Å². The summed E-state index contributed by atoms with van der Waals surface area (Å²) in [5.74, 6) is -1.09. The number of rotatable bonds is 12. The Hall–Kier alpha value is -5.28. The van der Waals surface area contributed by atoms with Gasteiger partial charge in [0.15, 0.2) is 0 Å². The van der Waals surface area contributed by atoms with Gasteiger partial charge in [-0.15, -0.1) is 0 Å². The standard InChI is InChI=1S/C60H82N4O18/c1-63(2,3)13-11-61-57(65)45-9-7-43-54-50(82-40-42-38-78-30-28-74-22-20-70-16-18-72-24-26-76-32-34-80-42)36-48-52-46(58(66)62(60(48)68)12-14-64(4,5)6)10-8-44(56(52)54)53-49(35-47(59(61)67)51(45)55(43)53)81-39-41-37-77-29-27-73-21-19-69-15-17-71-23-25-75-31-33-79-41/h7-10,35-36,41-42H,11-34,37-40H2,1-6H3/q+2. The van der Waals surface area contributed by atoms with Crippen LogP contribution < -0.4 is 9.47 Å². The fourth-order valence-corrected chi connectivity index (χ4v) is 10.3. The summed E-state index contributed by atoms with van der Waals surface area (Å²) in [5.41, 5.74) is 1.27. The highest BCUT2D eigenvalue weighted by atomic mass is 16.6. The molecule has 448 valence electrons. The lowest BCUT2D eigenvalue weighted by atomic mass is 9.81. The lowest BCUT2D eigenvalue weighted by Gasteiger charge is -2.33. The first kappa shape index (κ1) is 61.3. The molecule has 0 N–H and O–H groups in total. The van der Waals surface area contributed by atoms with Crippen molar-refractivity contribution in [3.8, 4) is 11.5 Å². The fourth-order valence-electron chi connectivity index (χ4n) is 10.3. The Labute approximate surface area is 478 Å². The van der Waals surface area contributed by atoms with Crippen molar-refractivity contribution < 1.29 is 94.5 Å². The van der Waals surface area contributed by atoms with Gasteiger partial charge < -0.3 is 75.3 Å². The third kappa shape index (κ3) is 15.3. The van der Waals surface area contributed by atoms with E-state index in [0.717, 1.165) is 0 Å². The largest absolute Gasteiger partial charge is 0.490 e. The van der Waals surface area contributed by atoms with E-state index in [4.69, 9.17) is 66.3 Å². The van der Waals surface area contributed by atoms with Crippen LogP contribution in [0.15, 0.2) is 36.4 Å². The van der Waals surface area contributed by atoms with Crippen molar-refractivity contribution >= 4 is 66.7 Å². The van der Waals surface area contributed by atoms with Crippen LogP contribution in [0.4, 0.5) is 0 Å². The third-order valence-corrected chi connectivity index (χ3v) is 14.5. The van der Waals surface area contributed by atoms with Crippen LogP contribution >= 0.6 is 0 Å². The smallest absolute Gasteiger partial charge is 0.261 e. The molecule has 9 rings (SSSR count). The zero-order chi connectivity index (χ0) is 57.6. The molecule has 4 amide bonds. The summed E-state index contributed by atoms with van der Waals surface area (Å²) in [6.45, 7) is 8.86. The van der Waals surface area contributed by atoms with Crippen molar-refractivity contribution in [2.24, 2.45) is 0 Å². The maximum atomic E-state index is 15.0. The molecule has 4 aliphatic heterocycles. The van der Waals surface area contributed by atoms with Gasteiger partial charge in [0.25, 0.3) is 23.6 Å². The monoisotopic (exact) mass is 1150 g/mol. The number of quaternary nitrogens is 2. The van der Waals surface area contributed by atoms with E-state index < -0.39 is 35.8 Å². The van der Waals surface area contributed by atoms with Gasteiger partial charge in [-0.05, 0) is 35.0 Å². The van der Waals surface area contributed by atoms with Crippen LogP contribution in [0.5, 0.6) is 11.5 Å². The third-order valence-electron chi connectivity index (χ3n) is 14.5. The number of likely N-dealkylation sites (N-methyl/N-ethyl adjacent to an activating group) is 2. The Morgan fingerprint density at radius 2 is 0.671 bits per heavy atom. The minimum atomic E-state index is -0.615. The first-order valence-corrected chi connectivity index (χ1v) is 28.6. The summed E-state index contributed by atoms with van der Waals surface area (Å²) in [6, 6.07) is 10.7. The van der Waals surface area contributed by atoms with Crippen LogP contribution in [-0.2, 0) is 56.8 Å². The summed E-state index contributed by atoms with van der Waals surface area (Å²) in [4.78, 5) is 62.2. The first-order chi connectivity index (χ1) is 39.7. The molecule has 22 nitrogen and oxygen atoms in total. The normalized spacial score (nSPS) is 21.4. The highest BCUT2D eigenvalue weighted by Crippen LogP contribution is 2.52. The maximum absolute atomic E-state index is 15.0. The summed E-state index contributed by atoms with van der Waals surface area (Å²) in [5, 5.41) is 4.45. The summed E-state index contributed by atoms with van der Waals surface area (Å²) in [7, 11) is 12.1. The van der Waals surface area contributed by atoms with Gasteiger partial charge in [0.1, 0.15) is 36.9 Å². The zero-order valence-electron chi connectivity index (χ0n) is 48.6.